The van der Waals surface area contributed by atoms with Crippen LogP contribution in [0, 0.1) is 0 Å². The Morgan fingerprint density at radius 3 is 2.44 bits per heavy atom. The Morgan fingerprint density at radius 2 is 1.88 bits per heavy atom. The molecule has 0 bridgehead atoms. The number of hydrogen-bond acceptors (Lipinski definition) is 3. The molecule has 0 heterocycles. The Bertz CT molecular complexity index is 284. The predicted molar refractivity (Wildman–Crippen MR) is 69.4 cm³/mol. The molecule has 1 rings (SSSR count). The van der Waals surface area contributed by atoms with Crippen LogP contribution in [0.2, 0.25) is 0 Å². The van der Waals surface area contributed by atoms with Crippen LogP contribution in [0.25, 0.3) is 0 Å². The largest absolute Gasteiger partial charge is 0.497 e. The zero-order chi connectivity index (χ0) is 11.8. The molecule has 0 amide bonds. The lowest BCUT2D eigenvalue weighted by Gasteiger charge is -2.19. The molecule has 1 aromatic carbocycles. The summed E-state index contributed by atoms with van der Waals surface area (Å²) >= 11 is 0. The monoisotopic (exact) mass is 222 g/mol. The lowest BCUT2D eigenvalue weighted by atomic mass is 10.3. The molecule has 0 atom stereocenters. The number of methoxy groups -OCH3 is 1. The summed E-state index contributed by atoms with van der Waals surface area (Å²) in [5.41, 5.74) is 1.22. The molecule has 16 heavy (non-hydrogen) atoms. The van der Waals surface area contributed by atoms with Gasteiger partial charge in [0.15, 0.2) is 0 Å². The minimum Gasteiger partial charge on any atom is -0.497 e. The molecule has 0 radical (unpaired) electrons. The van der Waals surface area contributed by atoms with Gasteiger partial charge in [-0.25, -0.2) is 0 Å². The molecule has 0 fully saturated rings. The average molecular weight is 222 g/mol. The molecule has 1 N–H and O–H groups in total. The summed E-state index contributed by atoms with van der Waals surface area (Å²) in [7, 11) is 3.79. The number of nitrogens with one attached hydrogen (secondary N) is 1. The van der Waals surface area contributed by atoms with E-state index in [1.54, 1.807) is 7.11 Å². The van der Waals surface area contributed by atoms with Crippen LogP contribution in [0.4, 0.5) is 5.69 Å². The van der Waals surface area contributed by atoms with Gasteiger partial charge in [-0.3, -0.25) is 0 Å². The third-order valence-corrected chi connectivity index (χ3v) is 2.56. The molecule has 0 saturated heterocycles. The number of benzene rings is 1. The van der Waals surface area contributed by atoms with Crippen LogP contribution in [-0.4, -0.2) is 33.8 Å². The summed E-state index contributed by atoms with van der Waals surface area (Å²) in [5.74, 6) is 0.904. The van der Waals surface area contributed by atoms with Crippen molar-refractivity contribution in [2.24, 2.45) is 0 Å². The minimum absolute atomic E-state index is 0.904. The third kappa shape index (κ3) is 4.11. The highest BCUT2D eigenvalue weighted by molar-refractivity contribution is 5.48. The summed E-state index contributed by atoms with van der Waals surface area (Å²) in [6, 6.07) is 8.15. The fourth-order valence-corrected chi connectivity index (χ4v) is 1.51. The van der Waals surface area contributed by atoms with Crippen LogP contribution in [0.15, 0.2) is 24.3 Å². The van der Waals surface area contributed by atoms with E-state index in [9.17, 15) is 0 Å². The summed E-state index contributed by atoms with van der Waals surface area (Å²) in [5, 5.41) is 3.39. The van der Waals surface area contributed by atoms with Gasteiger partial charge in [-0.1, -0.05) is 6.92 Å². The van der Waals surface area contributed by atoms with Gasteiger partial charge in [-0.05, 0) is 37.2 Å². The van der Waals surface area contributed by atoms with E-state index in [1.807, 2.05) is 12.1 Å². The first-order valence-corrected chi connectivity index (χ1v) is 5.84. The van der Waals surface area contributed by atoms with E-state index >= 15 is 0 Å². The van der Waals surface area contributed by atoms with Gasteiger partial charge >= 0.3 is 0 Å². The van der Waals surface area contributed by atoms with Crippen molar-refractivity contribution in [1.29, 1.82) is 0 Å². The van der Waals surface area contributed by atoms with Crippen LogP contribution in [-0.2, 0) is 0 Å². The van der Waals surface area contributed by atoms with E-state index in [0.29, 0.717) is 0 Å². The maximum Gasteiger partial charge on any atom is 0.119 e. The first-order chi connectivity index (χ1) is 7.77. The minimum atomic E-state index is 0.904. The molecule has 0 aliphatic carbocycles. The molecule has 0 unspecified atom stereocenters. The highest BCUT2D eigenvalue weighted by Gasteiger charge is 2.00. The van der Waals surface area contributed by atoms with Gasteiger partial charge in [0, 0.05) is 25.8 Å². The molecule has 0 aliphatic rings. The Balaban J connectivity index is 2.37. The quantitative estimate of drug-likeness (QED) is 0.715. The first kappa shape index (κ1) is 12.8. The molecular formula is C13H22N2O. The summed E-state index contributed by atoms with van der Waals surface area (Å²) in [4.78, 5) is 2.24. The Kier molecular flexibility index (Phi) is 5.72. The van der Waals surface area contributed by atoms with Gasteiger partial charge < -0.3 is 15.0 Å². The number of rotatable bonds is 7. The van der Waals surface area contributed by atoms with Crippen LogP contribution in [0.5, 0.6) is 5.75 Å². The van der Waals surface area contributed by atoms with Gasteiger partial charge in [0.25, 0.3) is 0 Å². The van der Waals surface area contributed by atoms with Crippen molar-refractivity contribution in [2.45, 2.75) is 13.3 Å². The Labute approximate surface area is 98.4 Å². The van der Waals surface area contributed by atoms with Gasteiger partial charge in [-0.2, -0.15) is 0 Å². The standard InChI is InChI=1S/C13H22N2O/c1-4-9-14-10-11-15(2)12-5-7-13(16-3)8-6-12/h5-8,14H,4,9-11H2,1-3H3. The highest BCUT2D eigenvalue weighted by atomic mass is 16.5. The molecule has 0 aromatic heterocycles. The normalized spacial score (nSPS) is 10.2. The SMILES string of the molecule is CCCNCCN(C)c1ccc(OC)cc1. The van der Waals surface area contributed by atoms with Crippen molar-refractivity contribution in [3.63, 3.8) is 0 Å². The van der Waals surface area contributed by atoms with E-state index in [-0.39, 0.29) is 0 Å². The lowest BCUT2D eigenvalue weighted by Crippen LogP contribution is -2.29. The first-order valence-electron chi connectivity index (χ1n) is 5.84. The zero-order valence-electron chi connectivity index (χ0n) is 10.5. The third-order valence-electron chi connectivity index (χ3n) is 2.56. The van der Waals surface area contributed by atoms with E-state index in [4.69, 9.17) is 4.74 Å². The van der Waals surface area contributed by atoms with Gasteiger partial charge in [0.2, 0.25) is 0 Å². The molecule has 0 spiro atoms. The zero-order valence-corrected chi connectivity index (χ0v) is 10.5. The van der Waals surface area contributed by atoms with E-state index < -0.39 is 0 Å². The molecule has 0 aliphatic heterocycles. The highest BCUT2D eigenvalue weighted by Crippen LogP contribution is 2.17. The van der Waals surface area contributed by atoms with Crippen molar-refractivity contribution in [3.05, 3.63) is 24.3 Å². The molecular weight excluding hydrogens is 200 g/mol. The van der Waals surface area contributed by atoms with Crippen molar-refractivity contribution in [2.75, 3.05) is 38.7 Å². The summed E-state index contributed by atoms with van der Waals surface area (Å²) in [6.45, 7) is 5.32. The lowest BCUT2D eigenvalue weighted by molar-refractivity contribution is 0.415. The van der Waals surface area contributed by atoms with E-state index in [1.165, 1.54) is 12.1 Å². The summed E-state index contributed by atoms with van der Waals surface area (Å²) < 4.78 is 5.13. The van der Waals surface area contributed by atoms with Gasteiger partial charge in [0.1, 0.15) is 5.75 Å². The summed E-state index contributed by atoms with van der Waals surface area (Å²) in [6.07, 6.45) is 1.19. The fourth-order valence-electron chi connectivity index (χ4n) is 1.51. The van der Waals surface area contributed by atoms with Crippen LogP contribution in [0.1, 0.15) is 13.3 Å². The second-order valence-electron chi connectivity index (χ2n) is 3.87. The molecule has 3 heteroatoms. The molecule has 1 aromatic rings. The number of hydrogen-bond donors (Lipinski definition) is 1. The average Bonchev–Trinajstić information content (AvgIpc) is 2.34. The number of anilines is 1. The van der Waals surface area contributed by atoms with Crippen LogP contribution >= 0.6 is 0 Å². The van der Waals surface area contributed by atoms with Crippen molar-refractivity contribution >= 4 is 5.69 Å². The van der Waals surface area contributed by atoms with Crippen molar-refractivity contribution in [1.82, 2.24) is 5.32 Å². The van der Waals surface area contributed by atoms with Crippen molar-refractivity contribution < 1.29 is 4.74 Å². The number of likely N-dealkylation sites (N-methyl/N-ethyl adjacent to an activating group) is 1. The topological polar surface area (TPSA) is 24.5 Å². The smallest absolute Gasteiger partial charge is 0.119 e. The van der Waals surface area contributed by atoms with Crippen LogP contribution in [0.3, 0.4) is 0 Å². The van der Waals surface area contributed by atoms with Crippen LogP contribution < -0.4 is 15.0 Å². The maximum atomic E-state index is 5.13. The number of nitrogens with zero attached hydrogens (tertiary/aromatic N) is 1. The van der Waals surface area contributed by atoms with Gasteiger partial charge in [0.05, 0.1) is 7.11 Å². The maximum absolute atomic E-state index is 5.13. The van der Waals surface area contributed by atoms with E-state index in [2.05, 4.69) is 36.3 Å². The fraction of sp³-hybridized carbons (Fsp3) is 0.538. The predicted octanol–water partition coefficient (Wildman–Crippen LogP) is 2.13. The Morgan fingerprint density at radius 1 is 1.19 bits per heavy atom. The molecule has 3 nitrogen and oxygen atoms in total. The van der Waals surface area contributed by atoms with Crippen molar-refractivity contribution in [3.8, 4) is 5.75 Å². The van der Waals surface area contributed by atoms with E-state index in [0.717, 1.165) is 25.4 Å². The second-order valence-corrected chi connectivity index (χ2v) is 3.87. The molecule has 0 saturated carbocycles. The number of ether oxygens (including phenoxy) is 1. The van der Waals surface area contributed by atoms with Gasteiger partial charge in [-0.15, -0.1) is 0 Å². The second kappa shape index (κ2) is 7.12. The Hall–Kier alpha value is -1.22. The molecule has 90 valence electrons.